The first-order valence-corrected chi connectivity index (χ1v) is 22.5. The van der Waals surface area contributed by atoms with E-state index in [2.05, 4.69) is 121 Å². The molecule has 62 heavy (non-hydrogen) atoms. The van der Waals surface area contributed by atoms with Gasteiger partial charge in [0.05, 0.1) is 26.4 Å². The zero-order chi connectivity index (χ0) is 42.2. The molecule has 4 nitrogen and oxygen atoms in total. The van der Waals surface area contributed by atoms with Crippen LogP contribution in [0.5, 0.6) is 0 Å². The summed E-state index contributed by atoms with van der Waals surface area (Å²) in [5.41, 5.74) is 21.2. The van der Waals surface area contributed by atoms with Crippen LogP contribution in [0.15, 0.2) is 121 Å². The zero-order valence-electron chi connectivity index (χ0n) is 36.7. The minimum Gasteiger partial charge on any atom is -0.380 e. The van der Waals surface area contributed by atoms with Crippen LogP contribution in [0.1, 0.15) is 70.2 Å². The van der Waals surface area contributed by atoms with Gasteiger partial charge in [0.2, 0.25) is 0 Å². The number of hydrogen-bond acceptors (Lipinski definition) is 4. The van der Waals surface area contributed by atoms with Gasteiger partial charge in [-0.25, -0.2) is 0 Å². The molecule has 312 valence electrons. The number of rotatable bonds is 12. The van der Waals surface area contributed by atoms with Crippen molar-refractivity contribution in [3.05, 3.63) is 166 Å². The summed E-state index contributed by atoms with van der Waals surface area (Å²) in [6, 6.07) is 45.1. The van der Waals surface area contributed by atoms with Crippen LogP contribution < -0.4 is 0 Å². The predicted octanol–water partition coefficient (Wildman–Crippen LogP) is 14.2. The van der Waals surface area contributed by atoms with E-state index >= 15 is 0 Å². The summed E-state index contributed by atoms with van der Waals surface area (Å²) in [5, 5.41) is 7.59. The normalized spacial score (nSPS) is 13.8. The smallest absolute Gasteiger partial charge is 0.0722 e. The first-order chi connectivity index (χ1) is 30.7. The molecule has 4 heteroatoms. The molecule has 0 unspecified atom stereocenters. The largest absolute Gasteiger partial charge is 0.380 e. The highest BCUT2D eigenvalue weighted by Gasteiger charge is 2.31. The first kappa shape index (κ1) is 40.5. The molecule has 0 amide bonds. The summed E-state index contributed by atoms with van der Waals surface area (Å²) in [6.07, 6.45) is 8.82. The molecule has 8 aromatic carbocycles. The zero-order valence-corrected chi connectivity index (χ0v) is 36.7. The van der Waals surface area contributed by atoms with E-state index in [4.69, 9.17) is 18.9 Å². The van der Waals surface area contributed by atoms with Gasteiger partial charge in [-0.2, -0.15) is 0 Å². The van der Waals surface area contributed by atoms with Crippen LogP contribution in [0.2, 0.25) is 0 Å². The van der Waals surface area contributed by atoms with Crippen LogP contribution in [0, 0.1) is 0 Å². The fourth-order valence-corrected chi connectivity index (χ4v) is 11.4. The minimum absolute atomic E-state index is 0.497. The van der Waals surface area contributed by atoms with Crippen molar-refractivity contribution in [1.29, 1.82) is 0 Å². The average molecular weight is 817 g/mol. The third-order valence-electron chi connectivity index (χ3n) is 13.8. The molecular formula is C58H56O4. The molecule has 0 aromatic heterocycles. The SMILES string of the molecule is COCc1c(COC)c(-c2ccc(-c3c4c(c(-c5cccc6ccccc56)c(COC)c3COC)CCCC4)c3ccccc23)c2c(c1-c1cccc3ccccc13)CCCC2. The minimum atomic E-state index is 0.497. The molecular weight excluding hydrogens is 761 g/mol. The van der Waals surface area contributed by atoms with E-state index in [1.165, 1.54) is 147 Å². The summed E-state index contributed by atoms with van der Waals surface area (Å²) in [4.78, 5) is 0. The molecule has 0 heterocycles. The number of ether oxygens (including phenoxy) is 4. The van der Waals surface area contributed by atoms with Crippen molar-refractivity contribution >= 4 is 32.3 Å². The lowest BCUT2D eigenvalue weighted by molar-refractivity contribution is 0.169. The van der Waals surface area contributed by atoms with Crippen molar-refractivity contribution in [2.75, 3.05) is 28.4 Å². The molecule has 0 radical (unpaired) electrons. The maximum Gasteiger partial charge on any atom is 0.0722 e. The monoisotopic (exact) mass is 816 g/mol. The molecule has 0 atom stereocenters. The standard InChI is InChI=1S/C58H56O4/c1-59-33-51-53(35-61-3)57(47-27-13-11-25-45(47)55(51)43-29-15-19-37-17-5-7-21-39(37)43)49-31-32-50(42-24-10-9-23-41(42)49)58-48-28-14-12-26-46(48)56(52(34-60-2)54(58)36-62-4)44-30-16-20-38-18-6-8-22-40(38)44/h5-10,15-24,29-32H,11-14,25-28,33-36H2,1-4H3. The van der Waals surface area contributed by atoms with Gasteiger partial charge in [0.1, 0.15) is 0 Å². The van der Waals surface area contributed by atoms with Gasteiger partial charge in [-0.15, -0.1) is 0 Å². The lowest BCUT2D eigenvalue weighted by Crippen LogP contribution is -2.15. The Morgan fingerprint density at radius 1 is 0.306 bits per heavy atom. The van der Waals surface area contributed by atoms with Gasteiger partial charge in [-0.3, -0.25) is 0 Å². The Kier molecular flexibility index (Phi) is 11.5. The third-order valence-corrected chi connectivity index (χ3v) is 13.8. The molecule has 10 rings (SSSR count). The third kappa shape index (κ3) is 6.85. The summed E-state index contributed by atoms with van der Waals surface area (Å²) >= 11 is 0. The Hall–Kier alpha value is -5.62. The summed E-state index contributed by atoms with van der Waals surface area (Å²) < 4.78 is 24.7. The van der Waals surface area contributed by atoms with Gasteiger partial charge >= 0.3 is 0 Å². The van der Waals surface area contributed by atoms with Gasteiger partial charge in [-0.1, -0.05) is 121 Å². The van der Waals surface area contributed by atoms with Crippen molar-refractivity contribution in [3.8, 4) is 44.5 Å². The average Bonchev–Trinajstić information content (AvgIpc) is 3.32. The van der Waals surface area contributed by atoms with Crippen molar-refractivity contribution in [2.24, 2.45) is 0 Å². The van der Waals surface area contributed by atoms with E-state index in [1.54, 1.807) is 0 Å². The van der Waals surface area contributed by atoms with Crippen LogP contribution >= 0.6 is 0 Å². The molecule has 0 N–H and O–H groups in total. The fourth-order valence-electron chi connectivity index (χ4n) is 11.4. The quantitative estimate of drug-likeness (QED) is 0.123. The van der Waals surface area contributed by atoms with E-state index < -0.39 is 0 Å². The van der Waals surface area contributed by atoms with Crippen LogP contribution in [-0.2, 0) is 71.1 Å². The number of benzene rings is 8. The molecule has 0 spiro atoms. The highest BCUT2D eigenvalue weighted by atomic mass is 16.5. The molecule has 0 bridgehead atoms. The lowest BCUT2D eigenvalue weighted by Gasteiger charge is -2.31. The summed E-state index contributed by atoms with van der Waals surface area (Å²) in [6.45, 7) is 2.00. The van der Waals surface area contributed by atoms with Crippen LogP contribution in [-0.4, -0.2) is 28.4 Å². The second-order valence-electron chi connectivity index (χ2n) is 17.2. The molecule has 0 fully saturated rings. The maximum atomic E-state index is 6.19. The van der Waals surface area contributed by atoms with E-state index in [0.717, 1.165) is 25.7 Å². The Bertz CT molecular complexity index is 2760. The van der Waals surface area contributed by atoms with Crippen molar-refractivity contribution in [2.45, 2.75) is 77.8 Å². The highest BCUT2D eigenvalue weighted by Crippen LogP contribution is 2.51. The number of fused-ring (bicyclic) bond motifs is 5. The summed E-state index contributed by atoms with van der Waals surface area (Å²) in [5.74, 6) is 0. The molecule has 0 aliphatic heterocycles. The first-order valence-electron chi connectivity index (χ1n) is 22.5. The van der Waals surface area contributed by atoms with Crippen LogP contribution in [0.4, 0.5) is 0 Å². The lowest BCUT2D eigenvalue weighted by atomic mass is 9.73. The molecule has 2 aliphatic rings. The van der Waals surface area contributed by atoms with Gasteiger partial charge in [0.25, 0.3) is 0 Å². The van der Waals surface area contributed by atoms with Crippen molar-refractivity contribution < 1.29 is 18.9 Å². The Balaban J connectivity index is 1.27. The molecule has 0 saturated carbocycles. The van der Waals surface area contributed by atoms with Crippen LogP contribution in [0.3, 0.4) is 0 Å². The number of methoxy groups -OCH3 is 4. The van der Waals surface area contributed by atoms with Crippen molar-refractivity contribution in [3.63, 3.8) is 0 Å². The van der Waals surface area contributed by atoms with Crippen molar-refractivity contribution in [1.82, 2.24) is 0 Å². The molecule has 8 aromatic rings. The second kappa shape index (κ2) is 17.6. The Morgan fingerprint density at radius 2 is 0.581 bits per heavy atom. The predicted molar refractivity (Wildman–Crippen MR) is 257 cm³/mol. The van der Waals surface area contributed by atoms with E-state index in [0.29, 0.717) is 26.4 Å². The second-order valence-corrected chi connectivity index (χ2v) is 17.2. The highest BCUT2D eigenvalue weighted by molar-refractivity contribution is 6.09. The van der Waals surface area contributed by atoms with Gasteiger partial charge in [0, 0.05) is 28.4 Å². The van der Waals surface area contributed by atoms with Gasteiger partial charge in [-0.05, 0) is 173 Å². The Labute approximate surface area is 366 Å². The van der Waals surface area contributed by atoms with Gasteiger partial charge in [0.15, 0.2) is 0 Å². The van der Waals surface area contributed by atoms with E-state index in [1.807, 2.05) is 28.4 Å². The molecule has 0 saturated heterocycles. The Morgan fingerprint density at radius 3 is 0.903 bits per heavy atom. The molecule has 2 aliphatic carbocycles. The van der Waals surface area contributed by atoms with E-state index in [-0.39, 0.29) is 0 Å². The summed E-state index contributed by atoms with van der Waals surface area (Å²) in [7, 11) is 7.32. The topological polar surface area (TPSA) is 36.9 Å². The fraction of sp³-hybridized carbons (Fsp3) is 0.276. The van der Waals surface area contributed by atoms with Gasteiger partial charge < -0.3 is 18.9 Å². The maximum absolute atomic E-state index is 6.19. The van der Waals surface area contributed by atoms with E-state index in [9.17, 15) is 0 Å². The number of hydrogen-bond donors (Lipinski definition) is 0. The van der Waals surface area contributed by atoms with Crippen LogP contribution in [0.25, 0.3) is 76.8 Å².